The highest BCUT2D eigenvalue weighted by molar-refractivity contribution is 7.99. The molecular formula is C33H65N2O8PS. The van der Waals surface area contributed by atoms with Crippen LogP contribution in [0.4, 0.5) is 0 Å². The maximum absolute atomic E-state index is 12.6. The van der Waals surface area contributed by atoms with Gasteiger partial charge < -0.3 is 30.3 Å². The molecule has 0 saturated carbocycles. The third-order valence-electron chi connectivity index (χ3n) is 7.56. The van der Waals surface area contributed by atoms with Crippen molar-refractivity contribution in [3.05, 3.63) is 0 Å². The summed E-state index contributed by atoms with van der Waals surface area (Å²) >= 11 is 1.33. The lowest BCUT2D eigenvalue weighted by Crippen LogP contribution is -2.43. The number of esters is 2. The van der Waals surface area contributed by atoms with Gasteiger partial charge in [-0.05, 0) is 19.3 Å². The highest BCUT2D eigenvalue weighted by Crippen LogP contribution is 2.34. The standard InChI is InChI=1S/C33H65N2O8PS/c1-3-5-7-9-11-13-15-17-19-22-31(36)42-26-29(43-32(37)23-20-18-16-14-12-10-8-6-4-2)27-45-28-30(34)33(38)35-24-21-25-44(39,40)41/h29-30H,3-28,34H2,1-2H3,(H,35,38)(H2,39,40,41). The van der Waals surface area contributed by atoms with Crippen molar-refractivity contribution >= 4 is 37.2 Å². The fourth-order valence-electron chi connectivity index (χ4n) is 4.81. The van der Waals surface area contributed by atoms with Gasteiger partial charge in [-0.1, -0.05) is 117 Å². The second kappa shape index (κ2) is 30.2. The highest BCUT2D eigenvalue weighted by Gasteiger charge is 2.20. The predicted octanol–water partition coefficient (Wildman–Crippen LogP) is 7.03. The van der Waals surface area contributed by atoms with Gasteiger partial charge in [0.15, 0.2) is 0 Å². The first kappa shape index (κ1) is 43.9. The van der Waals surface area contributed by atoms with Gasteiger partial charge in [-0.2, -0.15) is 11.8 Å². The summed E-state index contributed by atoms with van der Waals surface area (Å²) in [5.41, 5.74) is 5.97. The van der Waals surface area contributed by atoms with Crippen molar-refractivity contribution in [1.82, 2.24) is 5.32 Å². The van der Waals surface area contributed by atoms with E-state index < -0.39 is 25.6 Å². The van der Waals surface area contributed by atoms with E-state index in [1.807, 2.05) is 0 Å². The molecule has 0 aromatic carbocycles. The summed E-state index contributed by atoms with van der Waals surface area (Å²) in [4.78, 5) is 55.0. The van der Waals surface area contributed by atoms with Gasteiger partial charge in [0.2, 0.25) is 5.91 Å². The molecule has 0 saturated heterocycles. The zero-order valence-electron chi connectivity index (χ0n) is 28.3. The Bertz CT molecular complexity index is 799. The number of carbonyl (C=O) groups is 3. The molecule has 0 fully saturated rings. The van der Waals surface area contributed by atoms with Crippen LogP contribution in [0.1, 0.15) is 149 Å². The van der Waals surface area contributed by atoms with Crippen LogP contribution in [0.25, 0.3) is 0 Å². The number of amides is 1. The first-order valence-electron chi connectivity index (χ1n) is 17.6. The Morgan fingerprint density at radius 1 is 0.711 bits per heavy atom. The van der Waals surface area contributed by atoms with Gasteiger partial charge in [0.25, 0.3) is 0 Å². The minimum absolute atomic E-state index is 0.0312. The molecule has 0 aliphatic rings. The molecule has 0 aromatic heterocycles. The van der Waals surface area contributed by atoms with E-state index in [0.717, 1.165) is 38.5 Å². The van der Waals surface area contributed by atoms with Crippen molar-refractivity contribution in [3.8, 4) is 0 Å². The Morgan fingerprint density at radius 2 is 1.18 bits per heavy atom. The van der Waals surface area contributed by atoms with Crippen molar-refractivity contribution in [2.75, 3.05) is 30.8 Å². The lowest BCUT2D eigenvalue weighted by molar-refractivity contribution is -0.157. The molecule has 12 heteroatoms. The molecule has 0 aliphatic carbocycles. The normalized spacial score (nSPS) is 12.9. The van der Waals surface area contributed by atoms with E-state index in [1.54, 1.807) is 0 Å². The van der Waals surface area contributed by atoms with Crippen LogP contribution < -0.4 is 11.1 Å². The van der Waals surface area contributed by atoms with Gasteiger partial charge in [0, 0.05) is 30.9 Å². The van der Waals surface area contributed by atoms with E-state index in [2.05, 4.69) is 19.2 Å². The topological polar surface area (TPSA) is 165 Å². The molecule has 0 bridgehead atoms. The molecule has 2 unspecified atom stereocenters. The van der Waals surface area contributed by atoms with Crippen molar-refractivity contribution in [3.63, 3.8) is 0 Å². The van der Waals surface area contributed by atoms with E-state index in [1.165, 1.54) is 88.8 Å². The molecule has 0 heterocycles. The lowest BCUT2D eigenvalue weighted by Gasteiger charge is -2.19. The second-order valence-corrected chi connectivity index (χ2v) is 15.0. The summed E-state index contributed by atoms with van der Waals surface area (Å²) in [5.74, 6) is -0.448. The molecule has 5 N–H and O–H groups in total. The second-order valence-electron chi connectivity index (χ2n) is 12.1. The Balaban J connectivity index is 4.50. The number of carbonyl (C=O) groups excluding carboxylic acids is 3. The minimum atomic E-state index is -4.10. The van der Waals surface area contributed by atoms with Gasteiger partial charge in [-0.3, -0.25) is 18.9 Å². The monoisotopic (exact) mass is 680 g/mol. The van der Waals surface area contributed by atoms with E-state index in [-0.39, 0.29) is 43.4 Å². The smallest absolute Gasteiger partial charge is 0.325 e. The number of hydrogen-bond donors (Lipinski definition) is 4. The van der Waals surface area contributed by atoms with Crippen LogP contribution in [-0.4, -0.2) is 70.6 Å². The number of rotatable bonds is 32. The maximum atomic E-state index is 12.6. The van der Waals surface area contributed by atoms with Gasteiger partial charge in [0.05, 0.1) is 12.2 Å². The maximum Gasteiger partial charge on any atom is 0.325 e. The number of nitrogens with one attached hydrogen (secondary N) is 1. The minimum Gasteiger partial charge on any atom is -0.462 e. The number of unbranched alkanes of at least 4 members (excludes halogenated alkanes) is 16. The van der Waals surface area contributed by atoms with Crippen molar-refractivity contribution in [2.45, 2.75) is 161 Å². The molecular weight excluding hydrogens is 615 g/mol. The van der Waals surface area contributed by atoms with Crippen LogP contribution >= 0.6 is 19.4 Å². The first-order valence-corrected chi connectivity index (χ1v) is 20.5. The van der Waals surface area contributed by atoms with Gasteiger partial charge in [-0.25, -0.2) is 0 Å². The molecule has 0 rings (SSSR count). The number of nitrogens with two attached hydrogens (primary N) is 1. The summed E-state index contributed by atoms with van der Waals surface area (Å²) in [6, 6.07) is -0.836. The number of hydrogen-bond acceptors (Lipinski definition) is 8. The molecule has 0 radical (unpaired) electrons. The summed E-state index contributed by atoms with van der Waals surface area (Å²) in [6.07, 6.45) is 20.7. The quantitative estimate of drug-likeness (QED) is 0.0329. The van der Waals surface area contributed by atoms with Gasteiger partial charge in [0.1, 0.15) is 12.7 Å². The molecule has 45 heavy (non-hydrogen) atoms. The van der Waals surface area contributed by atoms with E-state index >= 15 is 0 Å². The third-order valence-corrected chi connectivity index (χ3v) is 9.66. The van der Waals surface area contributed by atoms with Crippen LogP contribution in [0, 0.1) is 0 Å². The van der Waals surface area contributed by atoms with Gasteiger partial charge in [-0.15, -0.1) is 0 Å². The Labute approximate surface area is 277 Å². The highest BCUT2D eigenvalue weighted by atomic mass is 32.2. The summed E-state index contributed by atoms with van der Waals surface area (Å²) in [7, 11) is -4.10. The molecule has 2 atom stereocenters. The van der Waals surface area contributed by atoms with Crippen LogP contribution in [0.2, 0.25) is 0 Å². The summed E-state index contributed by atoms with van der Waals surface area (Å²) in [5, 5.41) is 2.58. The average Bonchev–Trinajstić information content (AvgIpc) is 2.99. The van der Waals surface area contributed by atoms with Crippen LogP contribution in [0.5, 0.6) is 0 Å². The van der Waals surface area contributed by atoms with Crippen LogP contribution in [-0.2, 0) is 28.4 Å². The Morgan fingerprint density at radius 3 is 1.67 bits per heavy atom. The largest absolute Gasteiger partial charge is 0.462 e. The molecule has 1 amide bonds. The molecule has 0 spiro atoms. The molecule has 266 valence electrons. The predicted molar refractivity (Wildman–Crippen MR) is 184 cm³/mol. The van der Waals surface area contributed by atoms with Crippen LogP contribution in [0.15, 0.2) is 0 Å². The van der Waals surface area contributed by atoms with E-state index in [9.17, 15) is 18.9 Å². The Kier molecular flexibility index (Phi) is 29.5. The van der Waals surface area contributed by atoms with Crippen molar-refractivity contribution in [2.24, 2.45) is 5.73 Å². The molecule has 0 aliphatic heterocycles. The molecule has 0 aromatic rings. The zero-order valence-corrected chi connectivity index (χ0v) is 30.0. The third kappa shape index (κ3) is 31.2. The van der Waals surface area contributed by atoms with E-state index in [4.69, 9.17) is 25.0 Å². The first-order chi connectivity index (χ1) is 21.6. The SMILES string of the molecule is CCCCCCCCCCCC(=O)OCC(CSCC(N)C(=O)NCCCP(=O)(O)O)OC(=O)CCCCCCCCCCC. The van der Waals surface area contributed by atoms with Crippen molar-refractivity contribution < 1.29 is 38.2 Å². The fraction of sp³-hybridized carbons (Fsp3) is 0.909. The Hall–Kier alpha value is -1.13. The number of thioether (sulfide) groups is 1. The lowest BCUT2D eigenvalue weighted by atomic mass is 10.1. The van der Waals surface area contributed by atoms with Crippen molar-refractivity contribution in [1.29, 1.82) is 0 Å². The average molecular weight is 681 g/mol. The van der Waals surface area contributed by atoms with E-state index in [0.29, 0.717) is 18.6 Å². The van der Waals surface area contributed by atoms with Gasteiger partial charge >= 0.3 is 19.5 Å². The zero-order chi connectivity index (χ0) is 33.6. The molecule has 10 nitrogen and oxygen atoms in total. The summed E-state index contributed by atoms with van der Waals surface area (Å²) < 4.78 is 22.1. The number of ether oxygens (including phenoxy) is 2. The summed E-state index contributed by atoms with van der Waals surface area (Å²) in [6.45, 7) is 4.52. The van der Waals surface area contributed by atoms with Crippen LogP contribution in [0.3, 0.4) is 0 Å². The fourth-order valence-corrected chi connectivity index (χ4v) is 6.35.